The van der Waals surface area contributed by atoms with E-state index in [-0.39, 0.29) is 5.91 Å². The van der Waals surface area contributed by atoms with Gasteiger partial charge in [-0.3, -0.25) is 9.59 Å². The van der Waals surface area contributed by atoms with E-state index >= 15 is 0 Å². The van der Waals surface area contributed by atoms with Gasteiger partial charge in [-0.25, -0.2) is 0 Å². The summed E-state index contributed by atoms with van der Waals surface area (Å²) in [5.41, 5.74) is 0.664. The van der Waals surface area contributed by atoms with Gasteiger partial charge < -0.3 is 10.1 Å². The number of benzene rings is 2. The Morgan fingerprint density at radius 2 is 1.62 bits per heavy atom. The fourth-order valence-corrected chi connectivity index (χ4v) is 2.38. The van der Waals surface area contributed by atoms with Gasteiger partial charge >= 0.3 is 5.97 Å². The smallest absolute Gasteiger partial charge is 0.316 e. The molecule has 0 fully saturated rings. The number of ether oxygens (including phenoxy) is 1. The molecule has 5 heteroatoms. The summed E-state index contributed by atoms with van der Waals surface area (Å²) >= 11 is 3.34. The highest BCUT2D eigenvalue weighted by Crippen LogP contribution is 2.25. The fraction of sp³-hybridized carbons (Fsp3) is 0.263. The summed E-state index contributed by atoms with van der Waals surface area (Å²) in [6, 6.07) is 16.5. The Balaban J connectivity index is 2.00. The number of rotatable bonds is 5. The first-order chi connectivity index (χ1) is 11.3. The van der Waals surface area contributed by atoms with Gasteiger partial charge in [0.25, 0.3) is 5.91 Å². The zero-order valence-electron chi connectivity index (χ0n) is 13.9. The zero-order chi connectivity index (χ0) is 17.7. The van der Waals surface area contributed by atoms with Crippen molar-refractivity contribution in [3.63, 3.8) is 0 Å². The summed E-state index contributed by atoms with van der Waals surface area (Å²) in [5, 5.41) is 2.73. The molecule has 0 radical (unpaired) electrons. The van der Waals surface area contributed by atoms with Crippen LogP contribution in [0.1, 0.15) is 26.3 Å². The third-order valence-electron chi connectivity index (χ3n) is 3.77. The van der Waals surface area contributed by atoms with Gasteiger partial charge in [0.05, 0.1) is 5.41 Å². The largest absolute Gasteiger partial charge is 0.452 e. The van der Waals surface area contributed by atoms with Gasteiger partial charge in [0.15, 0.2) is 6.10 Å². The SMILES string of the molecule is C[C@@H](OC(=O)C(C)(C)c1ccccc1)C(=O)Nc1ccc(Br)cc1. The molecule has 0 saturated carbocycles. The molecule has 0 bridgehead atoms. The average Bonchev–Trinajstić information content (AvgIpc) is 2.57. The molecule has 0 aromatic heterocycles. The minimum absolute atomic E-state index is 0.366. The summed E-state index contributed by atoms with van der Waals surface area (Å²) < 4.78 is 6.29. The number of hydrogen-bond donors (Lipinski definition) is 1. The predicted molar refractivity (Wildman–Crippen MR) is 97.8 cm³/mol. The molecule has 0 spiro atoms. The minimum atomic E-state index is -0.885. The summed E-state index contributed by atoms with van der Waals surface area (Å²) in [6.45, 7) is 5.13. The van der Waals surface area contributed by atoms with Crippen LogP contribution < -0.4 is 5.32 Å². The lowest BCUT2D eigenvalue weighted by Gasteiger charge is -2.25. The maximum atomic E-state index is 12.5. The average molecular weight is 390 g/mol. The van der Waals surface area contributed by atoms with E-state index in [1.807, 2.05) is 42.5 Å². The van der Waals surface area contributed by atoms with Crippen LogP contribution >= 0.6 is 15.9 Å². The van der Waals surface area contributed by atoms with Crippen LogP contribution in [0.5, 0.6) is 0 Å². The lowest BCUT2D eigenvalue weighted by Crippen LogP contribution is -2.37. The van der Waals surface area contributed by atoms with Gasteiger partial charge in [0.2, 0.25) is 0 Å². The van der Waals surface area contributed by atoms with Crippen molar-refractivity contribution in [1.29, 1.82) is 0 Å². The van der Waals surface area contributed by atoms with Crippen molar-refractivity contribution < 1.29 is 14.3 Å². The molecule has 1 amide bonds. The van der Waals surface area contributed by atoms with Crippen LogP contribution in [0.4, 0.5) is 5.69 Å². The molecule has 0 aliphatic rings. The van der Waals surface area contributed by atoms with E-state index in [4.69, 9.17) is 4.74 Å². The maximum Gasteiger partial charge on any atom is 0.316 e. The molecule has 2 aromatic carbocycles. The molecule has 0 unspecified atom stereocenters. The molecule has 0 heterocycles. The van der Waals surface area contributed by atoms with Crippen LogP contribution in [-0.4, -0.2) is 18.0 Å². The van der Waals surface area contributed by atoms with E-state index in [2.05, 4.69) is 21.2 Å². The van der Waals surface area contributed by atoms with Gasteiger partial charge in [0.1, 0.15) is 0 Å². The van der Waals surface area contributed by atoms with E-state index < -0.39 is 17.5 Å². The lowest BCUT2D eigenvalue weighted by atomic mass is 9.85. The maximum absolute atomic E-state index is 12.5. The molecular formula is C19H20BrNO3. The molecule has 1 N–H and O–H groups in total. The summed E-state index contributed by atoms with van der Waals surface area (Å²) in [7, 11) is 0. The highest BCUT2D eigenvalue weighted by molar-refractivity contribution is 9.10. The molecule has 126 valence electrons. The Morgan fingerprint density at radius 1 is 1.04 bits per heavy atom. The van der Waals surface area contributed by atoms with Crippen molar-refractivity contribution in [3.8, 4) is 0 Å². The molecule has 0 saturated heterocycles. The van der Waals surface area contributed by atoms with E-state index in [9.17, 15) is 9.59 Å². The van der Waals surface area contributed by atoms with Gasteiger partial charge in [-0.05, 0) is 50.6 Å². The standard InChI is InChI=1S/C19H20BrNO3/c1-13(17(22)21-16-11-9-15(20)10-12-16)24-18(23)19(2,3)14-7-5-4-6-8-14/h4-13H,1-3H3,(H,21,22)/t13-/m1/s1. The Kier molecular flexibility index (Phi) is 5.78. The minimum Gasteiger partial charge on any atom is -0.452 e. The van der Waals surface area contributed by atoms with Crippen LogP contribution in [0.15, 0.2) is 59.1 Å². The monoisotopic (exact) mass is 389 g/mol. The summed E-state index contributed by atoms with van der Waals surface area (Å²) in [6.07, 6.45) is -0.885. The van der Waals surface area contributed by atoms with E-state index in [0.717, 1.165) is 10.0 Å². The van der Waals surface area contributed by atoms with E-state index in [0.29, 0.717) is 5.69 Å². The van der Waals surface area contributed by atoms with E-state index in [1.54, 1.807) is 32.9 Å². The topological polar surface area (TPSA) is 55.4 Å². The Hall–Kier alpha value is -2.14. The van der Waals surface area contributed by atoms with E-state index in [1.165, 1.54) is 0 Å². The number of esters is 1. The van der Waals surface area contributed by atoms with Crippen LogP contribution in [0.2, 0.25) is 0 Å². The van der Waals surface area contributed by atoms with Gasteiger partial charge in [-0.15, -0.1) is 0 Å². The van der Waals surface area contributed by atoms with Crippen LogP contribution in [0.25, 0.3) is 0 Å². The second-order valence-electron chi connectivity index (χ2n) is 6.03. The number of halogens is 1. The highest BCUT2D eigenvalue weighted by Gasteiger charge is 2.33. The third kappa shape index (κ3) is 4.45. The summed E-state index contributed by atoms with van der Waals surface area (Å²) in [5.74, 6) is -0.804. The van der Waals surface area contributed by atoms with Gasteiger partial charge in [0, 0.05) is 10.2 Å². The predicted octanol–water partition coefficient (Wildman–Crippen LogP) is 4.30. The van der Waals surface area contributed by atoms with Crippen molar-refractivity contribution in [1.82, 2.24) is 0 Å². The number of carbonyl (C=O) groups is 2. The second kappa shape index (κ2) is 7.62. The number of amides is 1. The third-order valence-corrected chi connectivity index (χ3v) is 4.30. The number of anilines is 1. The molecule has 1 atom stereocenters. The number of hydrogen-bond acceptors (Lipinski definition) is 3. The number of nitrogens with one attached hydrogen (secondary N) is 1. The van der Waals surface area contributed by atoms with Crippen LogP contribution in [-0.2, 0) is 19.7 Å². The fourth-order valence-electron chi connectivity index (χ4n) is 2.11. The normalized spacial score (nSPS) is 12.3. The lowest BCUT2D eigenvalue weighted by molar-refractivity contribution is -0.158. The molecular weight excluding hydrogens is 370 g/mol. The van der Waals surface area contributed by atoms with Crippen LogP contribution in [0, 0.1) is 0 Å². The van der Waals surface area contributed by atoms with Crippen molar-refractivity contribution >= 4 is 33.5 Å². The Labute approximate surface area is 150 Å². The molecule has 2 rings (SSSR count). The first-order valence-corrected chi connectivity index (χ1v) is 8.43. The second-order valence-corrected chi connectivity index (χ2v) is 6.95. The van der Waals surface area contributed by atoms with Crippen molar-refractivity contribution in [3.05, 3.63) is 64.6 Å². The first kappa shape index (κ1) is 18.2. The Morgan fingerprint density at radius 3 is 2.21 bits per heavy atom. The van der Waals surface area contributed by atoms with Crippen molar-refractivity contribution in [2.75, 3.05) is 5.32 Å². The van der Waals surface area contributed by atoms with Gasteiger partial charge in [-0.1, -0.05) is 46.3 Å². The summed E-state index contributed by atoms with van der Waals surface area (Å²) in [4.78, 5) is 24.7. The molecule has 2 aromatic rings. The highest BCUT2D eigenvalue weighted by atomic mass is 79.9. The Bertz CT molecular complexity index is 711. The van der Waals surface area contributed by atoms with Crippen molar-refractivity contribution in [2.24, 2.45) is 0 Å². The molecule has 24 heavy (non-hydrogen) atoms. The molecule has 4 nitrogen and oxygen atoms in total. The first-order valence-electron chi connectivity index (χ1n) is 7.64. The number of carbonyl (C=O) groups excluding carboxylic acids is 2. The molecule has 0 aliphatic heterocycles. The van der Waals surface area contributed by atoms with Crippen LogP contribution in [0.3, 0.4) is 0 Å². The zero-order valence-corrected chi connectivity index (χ0v) is 15.5. The molecule has 0 aliphatic carbocycles. The quantitative estimate of drug-likeness (QED) is 0.775. The van der Waals surface area contributed by atoms with Crippen molar-refractivity contribution in [2.45, 2.75) is 32.3 Å². The van der Waals surface area contributed by atoms with Gasteiger partial charge in [-0.2, -0.15) is 0 Å².